The van der Waals surface area contributed by atoms with E-state index in [2.05, 4.69) is 43.0 Å². The summed E-state index contributed by atoms with van der Waals surface area (Å²) in [6, 6.07) is 6.88. The van der Waals surface area contributed by atoms with E-state index in [1.54, 1.807) is 0 Å². The Bertz CT molecular complexity index is 387. The molecule has 0 fully saturated rings. The van der Waals surface area contributed by atoms with Crippen molar-refractivity contribution in [2.45, 2.75) is 32.5 Å². The van der Waals surface area contributed by atoms with E-state index in [0.717, 1.165) is 25.3 Å². The second-order valence-electron chi connectivity index (χ2n) is 5.33. The van der Waals surface area contributed by atoms with Crippen LogP contribution in [0, 0.1) is 0 Å². The van der Waals surface area contributed by atoms with Crippen LogP contribution in [0.5, 0.6) is 0 Å². The maximum Gasteiger partial charge on any atom is 0.0363 e. The van der Waals surface area contributed by atoms with Gasteiger partial charge in [-0.25, -0.2) is 0 Å². The SMILES string of the molecule is CC(CCN(C)C)N1Cc2cccc(N)c2C1. The molecule has 17 heavy (non-hydrogen) atoms. The van der Waals surface area contributed by atoms with Crippen molar-refractivity contribution >= 4 is 5.69 Å². The van der Waals surface area contributed by atoms with Gasteiger partial charge in [0.25, 0.3) is 0 Å². The van der Waals surface area contributed by atoms with E-state index in [-0.39, 0.29) is 0 Å². The van der Waals surface area contributed by atoms with Gasteiger partial charge in [-0.1, -0.05) is 12.1 Å². The largest absolute Gasteiger partial charge is 0.398 e. The molecule has 1 atom stereocenters. The molecule has 2 N–H and O–H groups in total. The zero-order valence-electron chi connectivity index (χ0n) is 11.1. The van der Waals surface area contributed by atoms with Crippen molar-refractivity contribution in [2.24, 2.45) is 0 Å². The van der Waals surface area contributed by atoms with Crippen LogP contribution in [0.3, 0.4) is 0 Å². The highest BCUT2D eigenvalue weighted by Gasteiger charge is 2.24. The lowest BCUT2D eigenvalue weighted by Crippen LogP contribution is -2.31. The molecule has 0 aliphatic carbocycles. The van der Waals surface area contributed by atoms with Crippen molar-refractivity contribution in [3.8, 4) is 0 Å². The molecule has 0 radical (unpaired) electrons. The minimum absolute atomic E-state index is 0.615. The second kappa shape index (κ2) is 5.07. The lowest BCUT2D eigenvalue weighted by atomic mass is 10.1. The molecule has 94 valence electrons. The molecule has 1 aromatic rings. The lowest BCUT2D eigenvalue weighted by Gasteiger charge is -2.25. The van der Waals surface area contributed by atoms with Crippen LogP contribution in [-0.4, -0.2) is 36.5 Å². The monoisotopic (exact) mass is 233 g/mol. The molecule has 0 saturated carbocycles. The molecule has 2 rings (SSSR count). The number of hydrogen-bond donors (Lipinski definition) is 1. The van der Waals surface area contributed by atoms with Gasteiger partial charge in [0, 0.05) is 24.8 Å². The summed E-state index contributed by atoms with van der Waals surface area (Å²) in [7, 11) is 4.26. The number of hydrogen-bond acceptors (Lipinski definition) is 3. The molecule has 3 heteroatoms. The third-order valence-corrected chi connectivity index (χ3v) is 3.66. The molecule has 0 aromatic heterocycles. The molecule has 0 amide bonds. The number of nitrogen functional groups attached to an aromatic ring is 1. The predicted molar refractivity (Wildman–Crippen MR) is 72.7 cm³/mol. The molecule has 3 nitrogen and oxygen atoms in total. The second-order valence-corrected chi connectivity index (χ2v) is 5.33. The first-order valence-corrected chi connectivity index (χ1v) is 6.33. The fourth-order valence-corrected chi connectivity index (χ4v) is 2.41. The Morgan fingerprint density at radius 1 is 1.35 bits per heavy atom. The summed E-state index contributed by atoms with van der Waals surface area (Å²) < 4.78 is 0. The summed E-state index contributed by atoms with van der Waals surface area (Å²) in [6.45, 7) is 5.51. The summed E-state index contributed by atoms with van der Waals surface area (Å²) >= 11 is 0. The zero-order chi connectivity index (χ0) is 12.4. The molecule has 1 unspecified atom stereocenters. The predicted octanol–water partition coefficient (Wildman–Crippen LogP) is 1.92. The van der Waals surface area contributed by atoms with Crippen molar-refractivity contribution in [3.05, 3.63) is 29.3 Å². The van der Waals surface area contributed by atoms with Gasteiger partial charge in [0.15, 0.2) is 0 Å². The van der Waals surface area contributed by atoms with Gasteiger partial charge in [-0.2, -0.15) is 0 Å². The van der Waals surface area contributed by atoms with Crippen molar-refractivity contribution in [3.63, 3.8) is 0 Å². The first kappa shape index (κ1) is 12.4. The summed E-state index contributed by atoms with van der Waals surface area (Å²) in [6.07, 6.45) is 1.21. The summed E-state index contributed by atoms with van der Waals surface area (Å²) in [4.78, 5) is 4.76. The normalized spacial score (nSPS) is 17.4. The Morgan fingerprint density at radius 2 is 2.12 bits per heavy atom. The Balaban J connectivity index is 1.97. The zero-order valence-corrected chi connectivity index (χ0v) is 11.1. The van der Waals surface area contributed by atoms with Crippen molar-refractivity contribution < 1.29 is 0 Å². The lowest BCUT2D eigenvalue weighted by molar-refractivity contribution is 0.190. The molecule has 0 bridgehead atoms. The third-order valence-electron chi connectivity index (χ3n) is 3.66. The molecule has 0 spiro atoms. The van der Waals surface area contributed by atoms with E-state index >= 15 is 0 Å². The van der Waals surface area contributed by atoms with E-state index in [1.165, 1.54) is 17.5 Å². The minimum Gasteiger partial charge on any atom is -0.398 e. The number of nitrogens with two attached hydrogens (primary N) is 1. The topological polar surface area (TPSA) is 32.5 Å². The number of benzene rings is 1. The number of anilines is 1. The van der Waals surface area contributed by atoms with E-state index in [4.69, 9.17) is 5.73 Å². The molecular formula is C14H23N3. The maximum atomic E-state index is 6.02. The van der Waals surface area contributed by atoms with E-state index in [1.807, 2.05) is 6.07 Å². The van der Waals surface area contributed by atoms with Crippen LogP contribution >= 0.6 is 0 Å². The standard InChI is InChI=1S/C14H23N3/c1-11(7-8-16(2)3)17-9-12-5-4-6-14(15)13(12)10-17/h4-6,11H,7-10,15H2,1-3H3. The first-order valence-electron chi connectivity index (χ1n) is 6.33. The van der Waals surface area contributed by atoms with E-state index < -0.39 is 0 Å². The van der Waals surface area contributed by atoms with Crippen molar-refractivity contribution in [1.29, 1.82) is 0 Å². The van der Waals surface area contributed by atoms with Gasteiger partial charge >= 0.3 is 0 Å². The summed E-state index contributed by atoms with van der Waals surface area (Å²) in [5.74, 6) is 0. The third kappa shape index (κ3) is 2.79. The molecule has 1 aliphatic heterocycles. The Morgan fingerprint density at radius 3 is 2.76 bits per heavy atom. The van der Waals surface area contributed by atoms with E-state index in [0.29, 0.717) is 6.04 Å². The Hall–Kier alpha value is -1.06. The average Bonchev–Trinajstić information content (AvgIpc) is 2.71. The molecular weight excluding hydrogens is 210 g/mol. The highest BCUT2D eigenvalue weighted by molar-refractivity contribution is 5.52. The highest BCUT2D eigenvalue weighted by Crippen LogP contribution is 2.29. The van der Waals surface area contributed by atoms with Gasteiger partial charge in [-0.05, 0) is 51.2 Å². The van der Waals surface area contributed by atoms with Crippen molar-refractivity contribution in [2.75, 3.05) is 26.4 Å². The van der Waals surface area contributed by atoms with Gasteiger partial charge in [-0.3, -0.25) is 4.90 Å². The van der Waals surface area contributed by atoms with E-state index in [9.17, 15) is 0 Å². The van der Waals surface area contributed by atoms with Gasteiger partial charge in [0.2, 0.25) is 0 Å². The fourth-order valence-electron chi connectivity index (χ4n) is 2.41. The minimum atomic E-state index is 0.615. The van der Waals surface area contributed by atoms with Crippen molar-refractivity contribution in [1.82, 2.24) is 9.80 Å². The van der Waals surface area contributed by atoms with Crippen LogP contribution in [-0.2, 0) is 13.1 Å². The number of fused-ring (bicyclic) bond motifs is 1. The Kier molecular flexibility index (Phi) is 3.69. The highest BCUT2D eigenvalue weighted by atomic mass is 15.2. The summed E-state index contributed by atoms with van der Waals surface area (Å²) in [5, 5.41) is 0. The number of rotatable bonds is 4. The Labute approximate surface area is 104 Å². The van der Waals surface area contributed by atoms with Crippen LogP contribution < -0.4 is 5.73 Å². The van der Waals surface area contributed by atoms with Crippen LogP contribution in [0.4, 0.5) is 5.69 Å². The summed E-state index contributed by atoms with van der Waals surface area (Å²) in [5.41, 5.74) is 9.71. The number of nitrogens with zero attached hydrogens (tertiary/aromatic N) is 2. The van der Waals surface area contributed by atoms with Gasteiger partial charge in [0.05, 0.1) is 0 Å². The smallest absolute Gasteiger partial charge is 0.0363 e. The van der Waals surface area contributed by atoms with Gasteiger partial charge < -0.3 is 10.6 Å². The molecule has 1 heterocycles. The average molecular weight is 233 g/mol. The fraction of sp³-hybridized carbons (Fsp3) is 0.571. The molecule has 1 aromatic carbocycles. The van der Waals surface area contributed by atoms with Crippen LogP contribution in [0.15, 0.2) is 18.2 Å². The van der Waals surface area contributed by atoms with Crippen LogP contribution in [0.1, 0.15) is 24.5 Å². The van der Waals surface area contributed by atoms with Gasteiger partial charge in [-0.15, -0.1) is 0 Å². The van der Waals surface area contributed by atoms with Gasteiger partial charge in [0.1, 0.15) is 0 Å². The quantitative estimate of drug-likeness (QED) is 0.807. The molecule has 1 aliphatic rings. The molecule has 0 saturated heterocycles. The van der Waals surface area contributed by atoms with Crippen LogP contribution in [0.25, 0.3) is 0 Å². The maximum absolute atomic E-state index is 6.02. The first-order chi connectivity index (χ1) is 8.08. The van der Waals surface area contributed by atoms with Crippen LogP contribution in [0.2, 0.25) is 0 Å².